The number of halogens is 3. The lowest BCUT2D eigenvalue weighted by atomic mass is 10.1. The van der Waals surface area contributed by atoms with E-state index in [2.05, 4.69) is 0 Å². The van der Waals surface area contributed by atoms with Crippen molar-refractivity contribution in [2.45, 2.75) is 19.4 Å². The number of hydrogen-bond donors (Lipinski definition) is 1. The zero-order valence-corrected chi connectivity index (χ0v) is 9.71. The lowest BCUT2D eigenvalue weighted by Crippen LogP contribution is -2.12. The summed E-state index contributed by atoms with van der Waals surface area (Å²) in [4.78, 5) is 0. The van der Waals surface area contributed by atoms with E-state index in [0.29, 0.717) is 12.2 Å². The summed E-state index contributed by atoms with van der Waals surface area (Å²) >= 11 is 0. The Morgan fingerprint density at radius 3 is 2.28 bits per heavy atom. The molecule has 1 atom stereocenters. The number of furan rings is 1. The third-order valence-corrected chi connectivity index (χ3v) is 2.70. The molecule has 2 rings (SSSR count). The molecule has 96 valence electrons. The molecule has 0 saturated carbocycles. The van der Waals surface area contributed by atoms with Crippen molar-refractivity contribution in [1.82, 2.24) is 0 Å². The van der Waals surface area contributed by atoms with Gasteiger partial charge in [-0.2, -0.15) is 0 Å². The average molecular weight is 255 g/mol. The van der Waals surface area contributed by atoms with Crippen LogP contribution in [0.2, 0.25) is 0 Å². The van der Waals surface area contributed by atoms with Crippen molar-refractivity contribution >= 4 is 0 Å². The van der Waals surface area contributed by atoms with E-state index in [0.717, 1.165) is 17.9 Å². The van der Waals surface area contributed by atoms with Gasteiger partial charge >= 0.3 is 0 Å². The van der Waals surface area contributed by atoms with E-state index < -0.39 is 23.5 Å². The Morgan fingerprint density at radius 2 is 1.78 bits per heavy atom. The number of benzene rings is 1. The van der Waals surface area contributed by atoms with E-state index >= 15 is 0 Å². The summed E-state index contributed by atoms with van der Waals surface area (Å²) in [5.74, 6) is -2.91. The Labute approximate surface area is 102 Å². The molecule has 1 aromatic heterocycles. The molecule has 0 saturated heterocycles. The van der Waals surface area contributed by atoms with Crippen molar-refractivity contribution in [2.75, 3.05) is 0 Å². The minimum Gasteiger partial charge on any atom is -0.464 e. The topological polar surface area (TPSA) is 39.2 Å². The molecule has 1 unspecified atom stereocenters. The van der Waals surface area contributed by atoms with Crippen LogP contribution >= 0.6 is 0 Å². The summed E-state index contributed by atoms with van der Waals surface area (Å²) in [7, 11) is 0. The van der Waals surface area contributed by atoms with Gasteiger partial charge in [-0.15, -0.1) is 0 Å². The van der Waals surface area contributed by atoms with Gasteiger partial charge in [0, 0.05) is 6.42 Å². The van der Waals surface area contributed by atoms with Crippen LogP contribution in [0.1, 0.15) is 30.0 Å². The minimum absolute atomic E-state index is 0.128. The van der Waals surface area contributed by atoms with Gasteiger partial charge in [0.1, 0.15) is 11.5 Å². The summed E-state index contributed by atoms with van der Waals surface area (Å²) in [6.07, 6.45) is 0.693. The molecule has 0 aliphatic carbocycles. The van der Waals surface area contributed by atoms with Crippen LogP contribution in [0.15, 0.2) is 28.7 Å². The first-order chi connectivity index (χ1) is 8.52. The van der Waals surface area contributed by atoms with E-state index in [1.165, 1.54) is 0 Å². The second-order valence-corrected chi connectivity index (χ2v) is 3.93. The van der Waals surface area contributed by atoms with Gasteiger partial charge in [0.2, 0.25) is 0 Å². The highest BCUT2D eigenvalue weighted by Gasteiger charge is 2.18. The molecule has 1 heterocycles. The first-order valence-electron chi connectivity index (χ1n) is 5.51. The van der Waals surface area contributed by atoms with Crippen LogP contribution in [0.4, 0.5) is 13.2 Å². The molecule has 0 aliphatic heterocycles. The van der Waals surface area contributed by atoms with Gasteiger partial charge < -0.3 is 10.2 Å². The highest BCUT2D eigenvalue weighted by atomic mass is 19.2. The Kier molecular flexibility index (Phi) is 3.43. The molecule has 0 aliphatic rings. The number of nitrogens with two attached hydrogens (primary N) is 1. The molecular formula is C13H12F3NO. The number of hydrogen-bond acceptors (Lipinski definition) is 2. The standard InChI is InChI=1S/C13H12F3NO/c1-2-8-3-4-11(18-8)13(17)7-5-9(14)12(16)10(15)6-7/h3-6,13H,2,17H2,1H3. The van der Waals surface area contributed by atoms with Crippen molar-refractivity contribution in [3.63, 3.8) is 0 Å². The van der Waals surface area contributed by atoms with Gasteiger partial charge in [-0.3, -0.25) is 0 Å². The van der Waals surface area contributed by atoms with Gasteiger partial charge in [0.15, 0.2) is 17.5 Å². The molecule has 2 aromatic rings. The number of rotatable bonds is 3. The Hall–Kier alpha value is -1.75. The molecule has 2 nitrogen and oxygen atoms in total. The fraction of sp³-hybridized carbons (Fsp3) is 0.231. The summed E-state index contributed by atoms with van der Waals surface area (Å²) in [5.41, 5.74) is 5.95. The van der Waals surface area contributed by atoms with Crippen LogP contribution < -0.4 is 5.73 Å². The van der Waals surface area contributed by atoms with E-state index in [4.69, 9.17) is 10.2 Å². The second kappa shape index (κ2) is 4.86. The third kappa shape index (κ3) is 2.26. The van der Waals surface area contributed by atoms with E-state index in [-0.39, 0.29) is 5.56 Å². The molecular weight excluding hydrogens is 243 g/mol. The van der Waals surface area contributed by atoms with Crippen LogP contribution in [0.25, 0.3) is 0 Å². The van der Waals surface area contributed by atoms with Crippen LogP contribution in [0, 0.1) is 17.5 Å². The maximum Gasteiger partial charge on any atom is 0.194 e. The van der Waals surface area contributed by atoms with Gasteiger partial charge in [-0.05, 0) is 29.8 Å². The predicted octanol–water partition coefficient (Wildman–Crippen LogP) is 3.31. The van der Waals surface area contributed by atoms with Gasteiger partial charge in [0.25, 0.3) is 0 Å². The first-order valence-corrected chi connectivity index (χ1v) is 5.51. The molecule has 0 radical (unpaired) electrons. The zero-order chi connectivity index (χ0) is 13.3. The fourth-order valence-electron chi connectivity index (χ4n) is 1.67. The molecule has 0 spiro atoms. The molecule has 2 N–H and O–H groups in total. The van der Waals surface area contributed by atoms with Gasteiger partial charge in [-0.25, -0.2) is 13.2 Å². The molecule has 0 fully saturated rings. The summed E-state index contributed by atoms with van der Waals surface area (Å²) in [6.45, 7) is 1.91. The van der Waals surface area contributed by atoms with E-state index in [9.17, 15) is 13.2 Å². The quantitative estimate of drug-likeness (QED) is 0.854. The average Bonchev–Trinajstić information content (AvgIpc) is 2.83. The molecule has 5 heteroatoms. The van der Waals surface area contributed by atoms with Crippen molar-refractivity contribution in [3.05, 3.63) is 58.8 Å². The van der Waals surface area contributed by atoms with Crippen molar-refractivity contribution in [1.29, 1.82) is 0 Å². The van der Waals surface area contributed by atoms with Crippen LogP contribution in [0.3, 0.4) is 0 Å². The van der Waals surface area contributed by atoms with Crippen LogP contribution in [-0.4, -0.2) is 0 Å². The largest absolute Gasteiger partial charge is 0.464 e. The normalized spacial score (nSPS) is 12.7. The lowest BCUT2D eigenvalue weighted by molar-refractivity contribution is 0.435. The summed E-state index contributed by atoms with van der Waals surface area (Å²) < 4.78 is 44.4. The highest BCUT2D eigenvalue weighted by Crippen LogP contribution is 2.24. The van der Waals surface area contributed by atoms with Crippen LogP contribution in [0.5, 0.6) is 0 Å². The maximum absolute atomic E-state index is 13.1. The summed E-state index contributed by atoms with van der Waals surface area (Å²) in [6, 6.07) is 4.30. The zero-order valence-electron chi connectivity index (χ0n) is 9.71. The fourth-order valence-corrected chi connectivity index (χ4v) is 1.67. The first kappa shape index (κ1) is 12.7. The highest BCUT2D eigenvalue weighted by molar-refractivity contribution is 5.28. The van der Waals surface area contributed by atoms with Gasteiger partial charge in [0.05, 0.1) is 6.04 Å². The second-order valence-electron chi connectivity index (χ2n) is 3.93. The smallest absolute Gasteiger partial charge is 0.194 e. The van der Waals surface area contributed by atoms with Gasteiger partial charge in [-0.1, -0.05) is 6.92 Å². The maximum atomic E-state index is 13.1. The van der Waals surface area contributed by atoms with Crippen molar-refractivity contribution in [2.24, 2.45) is 5.73 Å². The van der Waals surface area contributed by atoms with Crippen LogP contribution in [-0.2, 0) is 6.42 Å². The Bertz CT molecular complexity index is 542. The van der Waals surface area contributed by atoms with E-state index in [1.807, 2.05) is 6.92 Å². The summed E-state index contributed by atoms with van der Waals surface area (Å²) in [5, 5.41) is 0. The van der Waals surface area contributed by atoms with Crippen molar-refractivity contribution < 1.29 is 17.6 Å². The molecule has 0 amide bonds. The van der Waals surface area contributed by atoms with Crippen molar-refractivity contribution in [3.8, 4) is 0 Å². The Balaban J connectivity index is 2.36. The third-order valence-electron chi connectivity index (χ3n) is 2.70. The minimum atomic E-state index is -1.50. The molecule has 1 aromatic carbocycles. The number of aryl methyl sites for hydroxylation is 1. The molecule has 18 heavy (non-hydrogen) atoms. The SMILES string of the molecule is CCc1ccc(C(N)c2cc(F)c(F)c(F)c2)o1. The molecule has 0 bridgehead atoms. The van der Waals surface area contributed by atoms with E-state index in [1.54, 1.807) is 12.1 Å². The Morgan fingerprint density at radius 1 is 1.17 bits per heavy atom. The predicted molar refractivity (Wildman–Crippen MR) is 60.4 cm³/mol. The lowest BCUT2D eigenvalue weighted by Gasteiger charge is -2.10. The monoisotopic (exact) mass is 255 g/mol.